The molecular weight excluding hydrogens is 430 g/mol. The highest BCUT2D eigenvalue weighted by atomic mass is 16.5. The monoisotopic (exact) mass is 461 g/mol. The van der Waals surface area contributed by atoms with Gasteiger partial charge in [-0.05, 0) is 43.5 Å². The number of nitrogens with zero attached hydrogens (tertiary/aromatic N) is 2. The largest absolute Gasteiger partial charge is 0.496 e. The van der Waals surface area contributed by atoms with Crippen molar-refractivity contribution in [3.63, 3.8) is 0 Å². The lowest BCUT2D eigenvalue weighted by Gasteiger charge is -2.44. The number of ether oxygens (including phenoxy) is 2. The molecule has 3 aromatic rings. The van der Waals surface area contributed by atoms with Crippen LogP contribution in [0.5, 0.6) is 11.5 Å². The molecule has 7 nitrogen and oxygen atoms in total. The topological polar surface area (TPSA) is 72.8 Å². The third-order valence-electron chi connectivity index (χ3n) is 7.31. The average molecular weight is 462 g/mol. The van der Waals surface area contributed by atoms with Crippen molar-refractivity contribution < 1.29 is 19.1 Å². The van der Waals surface area contributed by atoms with Crippen LogP contribution in [0.3, 0.4) is 0 Å². The summed E-state index contributed by atoms with van der Waals surface area (Å²) in [6.45, 7) is 2.55. The van der Waals surface area contributed by atoms with E-state index in [1.807, 2.05) is 60.0 Å². The van der Waals surface area contributed by atoms with Crippen LogP contribution in [-0.2, 0) is 17.9 Å². The van der Waals surface area contributed by atoms with Gasteiger partial charge < -0.3 is 24.3 Å². The zero-order valence-corrected chi connectivity index (χ0v) is 20.0. The fraction of sp³-hybridized carbons (Fsp3) is 0.407. The van der Waals surface area contributed by atoms with Crippen LogP contribution in [-0.4, -0.2) is 47.1 Å². The Morgan fingerprint density at radius 1 is 1.06 bits per heavy atom. The first-order valence-corrected chi connectivity index (χ1v) is 11.9. The van der Waals surface area contributed by atoms with Gasteiger partial charge in [0.1, 0.15) is 22.7 Å². The van der Waals surface area contributed by atoms with E-state index in [2.05, 4.69) is 5.32 Å². The fourth-order valence-corrected chi connectivity index (χ4v) is 5.38. The lowest BCUT2D eigenvalue weighted by atomic mass is 9.93. The Morgan fingerprint density at radius 2 is 1.74 bits per heavy atom. The zero-order valence-electron chi connectivity index (χ0n) is 20.0. The number of carbonyl (C=O) groups is 2. The van der Waals surface area contributed by atoms with Gasteiger partial charge in [0, 0.05) is 18.0 Å². The van der Waals surface area contributed by atoms with Crippen molar-refractivity contribution in [2.45, 2.75) is 57.3 Å². The Kier molecular flexibility index (Phi) is 5.71. The molecule has 178 valence electrons. The maximum absolute atomic E-state index is 14.0. The molecule has 1 fully saturated rings. The van der Waals surface area contributed by atoms with Crippen molar-refractivity contribution in [1.29, 1.82) is 0 Å². The van der Waals surface area contributed by atoms with Crippen molar-refractivity contribution >= 4 is 22.7 Å². The second-order valence-electron chi connectivity index (χ2n) is 9.45. The van der Waals surface area contributed by atoms with Crippen LogP contribution in [0.2, 0.25) is 0 Å². The van der Waals surface area contributed by atoms with Crippen molar-refractivity contribution in [2.75, 3.05) is 14.2 Å². The van der Waals surface area contributed by atoms with Crippen LogP contribution in [0.15, 0.2) is 48.5 Å². The van der Waals surface area contributed by atoms with E-state index in [0.29, 0.717) is 30.3 Å². The van der Waals surface area contributed by atoms with Crippen LogP contribution in [0.1, 0.15) is 48.7 Å². The highest BCUT2D eigenvalue weighted by Gasteiger charge is 2.48. The van der Waals surface area contributed by atoms with Gasteiger partial charge in [-0.25, -0.2) is 0 Å². The van der Waals surface area contributed by atoms with Crippen LogP contribution in [0.4, 0.5) is 0 Å². The Labute approximate surface area is 199 Å². The van der Waals surface area contributed by atoms with Gasteiger partial charge in [-0.2, -0.15) is 0 Å². The number of hydrogen-bond acceptors (Lipinski definition) is 4. The summed E-state index contributed by atoms with van der Waals surface area (Å²) in [5.74, 6) is 1.01. The average Bonchev–Trinajstić information content (AvgIpc) is 3.50. The van der Waals surface area contributed by atoms with E-state index in [0.717, 1.165) is 42.1 Å². The van der Waals surface area contributed by atoms with E-state index >= 15 is 0 Å². The van der Waals surface area contributed by atoms with Gasteiger partial charge in [-0.3, -0.25) is 9.59 Å². The fourth-order valence-electron chi connectivity index (χ4n) is 5.38. The summed E-state index contributed by atoms with van der Waals surface area (Å²) < 4.78 is 13.1. The minimum atomic E-state index is -1.07. The van der Waals surface area contributed by atoms with E-state index in [4.69, 9.17) is 9.47 Å². The Morgan fingerprint density at radius 3 is 2.41 bits per heavy atom. The van der Waals surface area contributed by atoms with Crippen molar-refractivity contribution in [1.82, 2.24) is 14.8 Å². The molecule has 1 saturated carbocycles. The molecule has 0 saturated heterocycles. The molecule has 0 bridgehead atoms. The van der Waals surface area contributed by atoms with Gasteiger partial charge in [0.2, 0.25) is 5.91 Å². The Bertz CT molecular complexity index is 1230. The molecule has 1 aromatic heterocycles. The lowest BCUT2D eigenvalue weighted by molar-refractivity contribution is -0.133. The summed E-state index contributed by atoms with van der Waals surface area (Å²) in [5, 5.41) is 4.04. The zero-order chi connectivity index (χ0) is 23.9. The molecular formula is C27H31N3O4. The first-order valence-electron chi connectivity index (χ1n) is 11.9. The molecule has 34 heavy (non-hydrogen) atoms. The lowest BCUT2D eigenvalue weighted by Crippen LogP contribution is -2.64. The highest BCUT2D eigenvalue weighted by Crippen LogP contribution is 2.40. The first kappa shape index (κ1) is 22.3. The second-order valence-corrected chi connectivity index (χ2v) is 9.45. The molecule has 1 atom stereocenters. The summed E-state index contributed by atoms with van der Waals surface area (Å²) in [4.78, 5) is 29.5. The number of hydrogen-bond donors (Lipinski definition) is 1. The van der Waals surface area contributed by atoms with E-state index in [9.17, 15) is 9.59 Å². The summed E-state index contributed by atoms with van der Waals surface area (Å²) in [6, 6.07) is 15.5. The normalized spacial score (nSPS) is 20.4. The van der Waals surface area contributed by atoms with Crippen molar-refractivity contribution in [2.24, 2.45) is 0 Å². The maximum Gasteiger partial charge on any atom is 0.271 e. The van der Waals surface area contributed by atoms with E-state index in [-0.39, 0.29) is 17.9 Å². The number of amides is 2. The molecule has 7 heteroatoms. The number of nitrogens with one attached hydrogen (secondary N) is 1. The number of aromatic nitrogens is 1. The quantitative estimate of drug-likeness (QED) is 0.599. The molecule has 1 aliphatic heterocycles. The van der Waals surface area contributed by atoms with Crippen LogP contribution in [0, 0.1) is 0 Å². The standard InChI is InChI=1S/C27H31N3O4/c1-27(26(32)28-19-11-7-8-12-19)17-29-21(25(31)30(27)16-18-9-5-4-6-10-18)15-20-22(33-2)13-14-23(34-3)24(20)29/h4-6,9-10,13-15,19H,7-8,11-12,16-17H2,1-3H3,(H,28,32). The van der Waals surface area contributed by atoms with Gasteiger partial charge in [-0.15, -0.1) is 0 Å². The summed E-state index contributed by atoms with van der Waals surface area (Å²) in [5.41, 5.74) is 1.21. The second kappa shape index (κ2) is 8.70. The van der Waals surface area contributed by atoms with Gasteiger partial charge in [0.15, 0.2) is 0 Å². The van der Waals surface area contributed by atoms with Crippen LogP contribution in [0.25, 0.3) is 10.9 Å². The van der Waals surface area contributed by atoms with Crippen molar-refractivity contribution in [3.05, 3.63) is 59.8 Å². The molecule has 2 aliphatic rings. The first-order chi connectivity index (χ1) is 16.5. The minimum absolute atomic E-state index is 0.113. The van der Waals surface area contributed by atoms with E-state index < -0.39 is 5.54 Å². The summed E-state index contributed by atoms with van der Waals surface area (Å²) in [7, 11) is 3.22. The van der Waals surface area contributed by atoms with Gasteiger partial charge >= 0.3 is 0 Å². The van der Waals surface area contributed by atoms with Gasteiger partial charge in [0.05, 0.1) is 26.3 Å². The SMILES string of the molecule is COc1ccc(OC)c2c1cc1n2CC(C)(C(=O)NC2CCCC2)N(Cc2ccccc2)C1=O. The number of fused-ring (bicyclic) bond motifs is 3. The highest BCUT2D eigenvalue weighted by molar-refractivity contribution is 6.05. The Hall–Kier alpha value is -3.48. The minimum Gasteiger partial charge on any atom is -0.496 e. The molecule has 2 amide bonds. The van der Waals surface area contributed by atoms with Gasteiger partial charge in [0.25, 0.3) is 5.91 Å². The molecule has 1 aliphatic carbocycles. The molecule has 1 N–H and O–H groups in total. The smallest absolute Gasteiger partial charge is 0.271 e. The molecule has 1 unspecified atom stereocenters. The third-order valence-corrected chi connectivity index (χ3v) is 7.31. The van der Waals surface area contributed by atoms with E-state index in [1.54, 1.807) is 19.1 Å². The predicted molar refractivity (Wildman–Crippen MR) is 130 cm³/mol. The maximum atomic E-state index is 14.0. The molecule has 0 radical (unpaired) electrons. The molecule has 2 aromatic carbocycles. The molecule has 0 spiro atoms. The number of rotatable bonds is 6. The predicted octanol–water partition coefficient (Wildman–Crippen LogP) is 4.13. The Balaban J connectivity index is 1.64. The van der Waals surface area contributed by atoms with Crippen LogP contribution < -0.4 is 14.8 Å². The van der Waals surface area contributed by atoms with Crippen molar-refractivity contribution in [3.8, 4) is 11.5 Å². The summed E-state index contributed by atoms with van der Waals surface area (Å²) >= 11 is 0. The van der Waals surface area contributed by atoms with Gasteiger partial charge in [-0.1, -0.05) is 43.2 Å². The van der Waals surface area contributed by atoms with Crippen LogP contribution >= 0.6 is 0 Å². The molecule has 2 heterocycles. The third kappa shape index (κ3) is 3.59. The number of methoxy groups -OCH3 is 2. The number of benzene rings is 2. The summed E-state index contributed by atoms with van der Waals surface area (Å²) in [6.07, 6.45) is 4.21. The van der Waals surface area contributed by atoms with E-state index in [1.165, 1.54) is 0 Å². The number of carbonyl (C=O) groups excluding carboxylic acids is 2. The molecule has 5 rings (SSSR count).